The Morgan fingerprint density at radius 3 is 3.00 bits per heavy atom. The summed E-state index contributed by atoms with van der Waals surface area (Å²) in [6, 6.07) is 0. The van der Waals surface area contributed by atoms with Crippen LogP contribution in [0.4, 0.5) is 4.79 Å². The van der Waals surface area contributed by atoms with E-state index in [4.69, 9.17) is 15.6 Å². The van der Waals surface area contributed by atoms with Crippen molar-refractivity contribution in [3.8, 4) is 0 Å². The van der Waals surface area contributed by atoms with Crippen LogP contribution in [0.3, 0.4) is 0 Å². The third-order valence-corrected chi connectivity index (χ3v) is 2.55. The van der Waals surface area contributed by atoms with Crippen LogP contribution in [-0.4, -0.2) is 51.4 Å². The van der Waals surface area contributed by atoms with Crippen molar-refractivity contribution in [1.82, 2.24) is 20.3 Å². The van der Waals surface area contributed by atoms with Gasteiger partial charge in [-0.25, -0.2) is 14.3 Å². The van der Waals surface area contributed by atoms with Gasteiger partial charge in [0.15, 0.2) is 5.69 Å². The van der Waals surface area contributed by atoms with Crippen LogP contribution < -0.4 is 11.1 Å². The maximum atomic E-state index is 10.9. The van der Waals surface area contributed by atoms with Gasteiger partial charge in [0.05, 0.1) is 18.8 Å². The van der Waals surface area contributed by atoms with E-state index in [1.807, 2.05) is 0 Å². The quantitative estimate of drug-likeness (QED) is 0.588. The molecule has 1 fully saturated rings. The van der Waals surface area contributed by atoms with E-state index >= 15 is 0 Å². The highest BCUT2D eigenvalue weighted by Crippen LogP contribution is 2.10. The first kappa shape index (κ1) is 12.3. The third-order valence-electron chi connectivity index (χ3n) is 2.55. The summed E-state index contributed by atoms with van der Waals surface area (Å²) >= 11 is 0. The van der Waals surface area contributed by atoms with Crippen LogP contribution in [0, 0.1) is 0 Å². The summed E-state index contributed by atoms with van der Waals surface area (Å²) in [6.07, 6.45) is -0.515. The molecule has 0 aliphatic carbocycles. The Kier molecular flexibility index (Phi) is 3.42. The first-order chi connectivity index (χ1) is 8.61. The van der Waals surface area contributed by atoms with E-state index in [0.717, 1.165) is 0 Å². The summed E-state index contributed by atoms with van der Waals surface area (Å²) in [5.41, 5.74) is 5.75. The van der Waals surface area contributed by atoms with E-state index in [0.29, 0.717) is 18.7 Å². The molecule has 1 aliphatic heterocycles. The molecule has 1 amide bonds. The standard InChI is InChI=1S/C9H13N5O4/c10-2-1-6-7(8(15)16)12-13-14(6)4-5-3-11-9(17)18-5/h5H,1-4,10H2,(H,11,17)(H,15,16). The Balaban J connectivity index is 2.16. The van der Waals surface area contributed by atoms with Crippen LogP contribution in [0.15, 0.2) is 0 Å². The molecule has 0 bridgehead atoms. The summed E-state index contributed by atoms with van der Waals surface area (Å²) < 4.78 is 6.37. The fraction of sp³-hybridized carbons (Fsp3) is 0.556. The molecule has 0 aromatic carbocycles. The summed E-state index contributed by atoms with van der Waals surface area (Å²) in [4.78, 5) is 21.8. The Hall–Kier alpha value is -2.16. The number of amides is 1. The Bertz CT molecular complexity index is 472. The molecule has 1 aromatic rings. The molecule has 2 rings (SSSR count). The summed E-state index contributed by atoms with van der Waals surface area (Å²) in [7, 11) is 0. The minimum atomic E-state index is -1.15. The van der Waals surface area contributed by atoms with Crippen molar-refractivity contribution >= 4 is 12.1 Å². The molecule has 98 valence electrons. The van der Waals surface area contributed by atoms with Crippen LogP contribution >= 0.6 is 0 Å². The van der Waals surface area contributed by atoms with Crippen LogP contribution in [0.5, 0.6) is 0 Å². The van der Waals surface area contributed by atoms with Gasteiger partial charge in [-0.3, -0.25) is 0 Å². The molecule has 2 heterocycles. The SMILES string of the molecule is NCCc1c(C(=O)O)nnn1CC1CNC(=O)O1. The van der Waals surface area contributed by atoms with Crippen molar-refractivity contribution < 1.29 is 19.4 Å². The molecule has 0 spiro atoms. The van der Waals surface area contributed by atoms with Crippen molar-refractivity contribution in [2.24, 2.45) is 5.73 Å². The molecule has 1 unspecified atom stereocenters. The predicted octanol–water partition coefficient (Wildman–Crippen LogP) is -1.41. The highest BCUT2D eigenvalue weighted by atomic mass is 16.6. The van der Waals surface area contributed by atoms with Gasteiger partial charge in [-0.15, -0.1) is 5.10 Å². The number of carbonyl (C=O) groups is 2. The molecule has 18 heavy (non-hydrogen) atoms. The second-order valence-electron chi connectivity index (χ2n) is 3.82. The molecule has 0 saturated carbocycles. The van der Waals surface area contributed by atoms with E-state index in [-0.39, 0.29) is 24.9 Å². The lowest BCUT2D eigenvalue weighted by Gasteiger charge is -2.10. The minimum absolute atomic E-state index is 0.113. The van der Waals surface area contributed by atoms with Crippen LogP contribution in [-0.2, 0) is 17.7 Å². The number of nitrogens with one attached hydrogen (secondary N) is 1. The number of hydrogen-bond acceptors (Lipinski definition) is 6. The van der Waals surface area contributed by atoms with E-state index in [9.17, 15) is 9.59 Å². The number of carboxylic acid groups (broad SMARTS) is 1. The number of hydrogen-bond donors (Lipinski definition) is 3. The molecule has 4 N–H and O–H groups in total. The second kappa shape index (κ2) is 5.00. The Labute approximate surface area is 102 Å². The lowest BCUT2D eigenvalue weighted by atomic mass is 10.2. The number of aromatic carboxylic acids is 1. The number of alkyl carbamates (subject to hydrolysis) is 1. The van der Waals surface area contributed by atoms with Crippen molar-refractivity contribution in [1.29, 1.82) is 0 Å². The number of nitrogens with two attached hydrogens (primary N) is 1. The number of cyclic esters (lactones) is 1. The van der Waals surface area contributed by atoms with Gasteiger partial charge in [0.2, 0.25) is 0 Å². The average molecular weight is 255 g/mol. The number of nitrogens with zero attached hydrogens (tertiary/aromatic N) is 3. The van der Waals surface area contributed by atoms with Gasteiger partial charge < -0.3 is 20.9 Å². The lowest BCUT2D eigenvalue weighted by molar-refractivity contribution is 0.0688. The fourth-order valence-electron chi connectivity index (χ4n) is 1.76. The highest BCUT2D eigenvalue weighted by molar-refractivity contribution is 5.86. The van der Waals surface area contributed by atoms with E-state index in [1.54, 1.807) is 0 Å². The zero-order valence-corrected chi connectivity index (χ0v) is 9.50. The van der Waals surface area contributed by atoms with Crippen molar-refractivity contribution in [2.75, 3.05) is 13.1 Å². The van der Waals surface area contributed by atoms with E-state index in [2.05, 4.69) is 15.6 Å². The number of rotatable bonds is 5. The molecule has 9 nitrogen and oxygen atoms in total. The molecule has 9 heteroatoms. The first-order valence-electron chi connectivity index (χ1n) is 5.42. The highest BCUT2D eigenvalue weighted by Gasteiger charge is 2.26. The third kappa shape index (κ3) is 2.40. The van der Waals surface area contributed by atoms with Gasteiger partial charge in [-0.1, -0.05) is 5.21 Å². The Morgan fingerprint density at radius 2 is 2.44 bits per heavy atom. The monoisotopic (exact) mass is 255 g/mol. The zero-order valence-electron chi connectivity index (χ0n) is 9.50. The molecule has 1 saturated heterocycles. The van der Waals surface area contributed by atoms with E-state index in [1.165, 1.54) is 4.68 Å². The summed E-state index contributed by atoms with van der Waals surface area (Å²) in [5.74, 6) is -1.15. The van der Waals surface area contributed by atoms with Gasteiger partial charge in [-0.05, 0) is 6.54 Å². The smallest absolute Gasteiger partial charge is 0.407 e. The zero-order chi connectivity index (χ0) is 13.1. The maximum Gasteiger partial charge on any atom is 0.407 e. The maximum absolute atomic E-state index is 10.9. The van der Waals surface area contributed by atoms with Gasteiger partial charge in [-0.2, -0.15) is 0 Å². The molecular weight excluding hydrogens is 242 g/mol. The summed E-state index contributed by atoms with van der Waals surface area (Å²) in [6.45, 7) is 0.911. The largest absolute Gasteiger partial charge is 0.476 e. The van der Waals surface area contributed by atoms with Crippen LogP contribution in [0.1, 0.15) is 16.2 Å². The van der Waals surface area contributed by atoms with Crippen molar-refractivity contribution in [2.45, 2.75) is 19.1 Å². The lowest BCUT2D eigenvalue weighted by Crippen LogP contribution is -2.23. The number of carboxylic acids is 1. The molecule has 1 aliphatic rings. The minimum Gasteiger partial charge on any atom is -0.476 e. The number of carbonyl (C=O) groups excluding carboxylic acids is 1. The van der Waals surface area contributed by atoms with Crippen molar-refractivity contribution in [3.63, 3.8) is 0 Å². The molecule has 1 aromatic heterocycles. The molecule has 1 atom stereocenters. The fourth-order valence-corrected chi connectivity index (χ4v) is 1.76. The van der Waals surface area contributed by atoms with Gasteiger partial charge in [0.1, 0.15) is 6.10 Å². The summed E-state index contributed by atoms with van der Waals surface area (Å²) in [5, 5.41) is 18.8. The van der Waals surface area contributed by atoms with Crippen LogP contribution in [0.25, 0.3) is 0 Å². The molecule has 0 radical (unpaired) electrons. The number of ether oxygens (including phenoxy) is 1. The Morgan fingerprint density at radius 1 is 1.67 bits per heavy atom. The van der Waals surface area contributed by atoms with Crippen molar-refractivity contribution in [3.05, 3.63) is 11.4 Å². The van der Waals surface area contributed by atoms with Crippen LogP contribution in [0.2, 0.25) is 0 Å². The van der Waals surface area contributed by atoms with Gasteiger partial charge in [0.25, 0.3) is 0 Å². The predicted molar refractivity (Wildman–Crippen MR) is 58.0 cm³/mol. The number of aromatic nitrogens is 3. The first-order valence-corrected chi connectivity index (χ1v) is 5.42. The average Bonchev–Trinajstić information content (AvgIpc) is 2.88. The molecular formula is C9H13N5O4. The second-order valence-corrected chi connectivity index (χ2v) is 3.82. The van der Waals surface area contributed by atoms with Gasteiger partial charge >= 0.3 is 12.1 Å². The topological polar surface area (TPSA) is 132 Å². The van der Waals surface area contributed by atoms with Gasteiger partial charge in [0, 0.05) is 6.42 Å². The normalized spacial score (nSPS) is 18.5. The van der Waals surface area contributed by atoms with E-state index < -0.39 is 12.1 Å².